The summed E-state index contributed by atoms with van der Waals surface area (Å²) in [5.74, 6) is 0. The fourth-order valence-electron chi connectivity index (χ4n) is 1.38. The molecule has 0 spiro atoms. The minimum atomic E-state index is 0.633. The molecule has 0 aliphatic heterocycles. The molecule has 3 heteroatoms. The monoisotopic (exact) mass is 193 g/mol. The van der Waals surface area contributed by atoms with Crippen LogP contribution < -0.4 is 5.73 Å². The Morgan fingerprint density at radius 1 is 1.57 bits per heavy atom. The summed E-state index contributed by atoms with van der Waals surface area (Å²) in [4.78, 5) is 0. The first kappa shape index (κ1) is 11.0. The number of nitrogens with two attached hydrogens (primary N) is 1. The molecule has 0 aliphatic carbocycles. The van der Waals surface area contributed by atoms with E-state index >= 15 is 0 Å². The van der Waals surface area contributed by atoms with Crippen LogP contribution in [0.1, 0.15) is 32.4 Å². The molecule has 1 heterocycles. The van der Waals surface area contributed by atoms with Crippen molar-refractivity contribution in [2.75, 3.05) is 6.54 Å². The number of rotatable bonds is 5. The molecule has 1 rings (SSSR count). The lowest BCUT2D eigenvalue weighted by atomic mass is 10.1. The number of hydrogen-bond acceptors (Lipinski definition) is 2. The summed E-state index contributed by atoms with van der Waals surface area (Å²) in [6.07, 6.45) is 6.09. The van der Waals surface area contributed by atoms with Crippen LogP contribution in [0.4, 0.5) is 0 Å². The van der Waals surface area contributed by atoms with Gasteiger partial charge in [0.2, 0.25) is 0 Å². The minimum Gasteiger partial charge on any atom is -0.327 e. The Labute approximate surface area is 85.6 Å². The van der Waals surface area contributed by atoms with Crippen LogP contribution in [0.25, 0.3) is 6.08 Å². The van der Waals surface area contributed by atoms with Gasteiger partial charge < -0.3 is 5.73 Å². The molecular formula is C11H19N3. The molecule has 0 unspecified atom stereocenters. The maximum atomic E-state index is 5.63. The molecule has 0 saturated heterocycles. The molecule has 0 saturated carbocycles. The highest BCUT2D eigenvalue weighted by Crippen LogP contribution is 2.08. The molecule has 0 amide bonds. The zero-order valence-corrected chi connectivity index (χ0v) is 9.03. The normalized spacial score (nSPS) is 12.1. The van der Waals surface area contributed by atoms with E-state index in [9.17, 15) is 0 Å². The second-order valence-electron chi connectivity index (χ2n) is 3.34. The number of hydrogen-bond donors (Lipinski definition) is 1. The van der Waals surface area contributed by atoms with Crippen molar-refractivity contribution < 1.29 is 0 Å². The Morgan fingerprint density at radius 2 is 2.36 bits per heavy atom. The van der Waals surface area contributed by atoms with Crippen LogP contribution in [0.3, 0.4) is 0 Å². The summed E-state index contributed by atoms with van der Waals surface area (Å²) < 4.78 is 2.02. The average molecular weight is 193 g/mol. The first-order chi connectivity index (χ1) is 6.81. The van der Waals surface area contributed by atoms with Gasteiger partial charge in [0.25, 0.3) is 0 Å². The van der Waals surface area contributed by atoms with Gasteiger partial charge in [-0.2, -0.15) is 5.10 Å². The van der Waals surface area contributed by atoms with Crippen molar-refractivity contribution in [3.05, 3.63) is 23.5 Å². The van der Waals surface area contributed by atoms with E-state index < -0.39 is 0 Å². The second-order valence-corrected chi connectivity index (χ2v) is 3.34. The summed E-state index contributed by atoms with van der Waals surface area (Å²) in [5.41, 5.74) is 8.05. The molecule has 0 aliphatic rings. The van der Waals surface area contributed by atoms with Crippen molar-refractivity contribution in [2.45, 2.75) is 33.2 Å². The van der Waals surface area contributed by atoms with Crippen LogP contribution in [0.15, 0.2) is 17.8 Å². The van der Waals surface area contributed by atoms with Crippen molar-refractivity contribution in [3.63, 3.8) is 0 Å². The standard InChI is InChI=1S/C11H19N3/c1-3-7-14-11(5-6-13-14)8-10(4-2)9-12/h5-6,8H,3-4,7,9,12H2,1-2H3/b10-8-. The fourth-order valence-corrected chi connectivity index (χ4v) is 1.38. The van der Waals surface area contributed by atoms with E-state index in [1.807, 2.05) is 16.9 Å². The third kappa shape index (κ3) is 2.70. The molecule has 14 heavy (non-hydrogen) atoms. The molecule has 0 aromatic carbocycles. The molecule has 0 atom stereocenters. The molecule has 1 aromatic rings. The van der Waals surface area contributed by atoms with E-state index in [0.29, 0.717) is 6.54 Å². The van der Waals surface area contributed by atoms with Gasteiger partial charge in [-0.25, -0.2) is 0 Å². The molecule has 2 N–H and O–H groups in total. The third-order valence-corrected chi connectivity index (χ3v) is 2.25. The summed E-state index contributed by atoms with van der Waals surface area (Å²) in [5, 5.41) is 4.26. The van der Waals surface area contributed by atoms with Crippen molar-refractivity contribution in [1.82, 2.24) is 9.78 Å². The first-order valence-electron chi connectivity index (χ1n) is 5.23. The molecule has 0 radical (unpaired) electrons. The van der Waals surface area contributed by atoms with Crippen molar-refractivity contribution in [1.29, 1.82) is 0 Å². The largest absolute Gasteiger partial charge is 0.327 e. The van der Waals surface area contributed by atoms with E-state index in [0.717, 1.165) is 25.1 Å². The van der Waals surface area contributed by atoms with E-state index in [1.165, 1.54) is 5.57 Å². The fraction of sp³-hybridized carbons (Fsp3) is 0.545. The Bertz CT molecular complexity index is 293. The van der Waals surface area contributed by atoms with E-state index in [4.69, 9.17) is 5.73 Å². The lowest BCUT2D eigenvalue weighted by Gasteiger charge is -2.04. The maximum absolute atomic E-state index is 5.63. The number of aryl methyl sites for hydroxylation is 1. The highest BCUT2D eigenvalue weighted by atomic mass is 15.3. The van der Waals surface area contributed by atoms with Gasteiger partial charge in [0, 0.05) is 19.3 Å². The Hall–Kier alpha value is -1.09. The summed E-state index contributed by atoms with van der Waals surface area (Å²) in [6.45, 7) is 5.88. The van der Waals surface area contributed by atoms with Gasteiger partial charge in [0.15, 0.2) is 0 Å². The highest BCUT2D eigenvalue weighted by molar-refractivity contribution is 5.49. The van der Waals surface area contributed by atoms with Crippen LogP contribution in [-0.2, 0) is 6.54 Å². The van der Waals surface area contributed by atoms with Crippen molar-refractivity contribution in [2.24, 2.45) is 5.73 Å². The smallest absolute Gasteiger partial charge is 0.0609 e. The van der Waals surface area contributed by atoms with E-state index in [1.54, 1.807) is 0 Å². The van der Waals surface area contributed by atoms with E-state index in [2.05, 4.69) is 25.0 Å². The predicted octanol–water partition coefficient (Wildman–Crippen LogP) is 2.05. The Kier molecular flexibility index (Phi) is 4.40. The van der Waals surface area contributed by atoms with Gasteiger partial charge in [-0.15, -0.1) is 0 Å². The van der Waals surface area contributed by atoms with Crippen LogP contribution in [0.2, 0.25) is 0 Å². The lowest BCUT2D eigenvalue weighted by molar-refractivity contribution is 0.598. The van der Waals surface area contributed by atoms with Crippen LogP contribution in [-0.4, -0.2) is 16.3 Å². The van der Waals surface area contributed by atoms with Gasteiger partial charge in [-0.3, -0.25) is 4.68 Å². The van der Waals surface area contributed by atoms with Crippen LogP contribution in [0, 0.1) is 0 Å². The second kappa shape index (κ2) is 5.60. The highest BCUT2D eigenvalue weighted by Gasteiger charge is 1.99. The zero-order valence-electron chi connectivity index (χ0n) is 9.03. The third-order valence-electron chi connectivity index (χ3n) is 2.25. The summed E-state index contributed by atoms with van der Waals surface area (Å²) in [7, 11) is 0. The van der Waals surface area contributed by atoms with Gasteiger partial charge in [-0.05, 0) is 25.0 Å². The number of nitrogens with zero attached hydrogens (tertiary/aromatic N) is 2. The van der Waals surface area contributed by atoms with E-state index in [-0.39, 0.29) is 0 Å². The van der Waals surface area contributed by atoms with Crippen LogP contribution in [0.5, 0.6) is 0 Å². The molecule has 1 aromatic heterocycles. The van der Waals surface area contributed by atoms with Gasteiger partial charge in [0.1, 0.15) is 0 Å². The lowest BCUT2D eigenvalue weighted by Crippen LogP contribution is -2.05. The zero-order chi connectivity index (χ0) is 10.4. The molecule has 0 fully saturated rings. The van der Waals surface area contributed by atoms with Crippen molar-refractivity contribution >= 4 is 6.08 Å². The molecule has 3 nitrogen and oxygen atoms in total. The molecule has 0 bridgehead atoms. The summed E-state index contributed by atoms with van der Waals surface area (Å²) in [6, 6.07) is 2.03. The Balaban J connectivity index is 2.83. The SMILES string of the molecule is CCCn1nccc1/C=C(/CC)CN. The molecular weight excluding hydrogens is 174 g/mol. The maximum Gasteiger partial charge on any atom is 0.0609 e. The minimum absolute atomic E-state index is 0.633. The van der Waals surface area contributed by atoms with Crippen molar-refractivity contribution in [3.8, 4) is 0 Å². The quantitative estimate of drug-likeness (QED) is 0.777. The van der Waals surface area contributed by atoms with Crippen LogP contribution >= 0.6 is 0 Å². The molecule has 78 valence electrons. The average Bonchev–Trinajstić information content (AvgIpc) is 2.62. The summed E-state index contributed by atoms with van der Waals surface area (Å²) >= 11 is 0. The topological polar surface area (TPSA) is 43.8 Å². The predicted molar refractivity (Wildman–Crippen MR) is 59.8 cm³/mol. The first-order valence-corrected chi connectivity index (χ1v) is 5.23. The van der Waals surface area contributed by atoms with Gasteiger partial charge in [0.05, 0.1) is 5.69 Å². The van der Waals surface area contributed by atoms with Gasteiger partial charge >= 0.3 is 0 Å². The van der Waals surface area contributed by atoms with Gasteiger partial charge in [-0.1, -0.05) is 19.4 Å². The number of aromatic nitrogens is 2. The Morgan fingerprint density at radius 3 is 2.93 bits per heavy atom.